The number of aliphatic carboxylic acids is 1. The van der Waals surface area contributed by atoms with Crippen LogP contribution in [0.15, 0.2) is 18.5 Å². The molecule has 0 radical (unpaired) electrons. The second-order valence-corrected chi connectivity index (χ2v) is 5.18. The lowest BCUT2D eigenvalue weighted by atomic mass is 9.99. The van der Waals surface area contributed by atoms with Gasteiger partial charge in [-0.05, 0) is 18.4 Å². The van der Waals surface area contributed by atoms with Gasteiger partial charge in [0.25, 0.3) is 0 Å². The number of aryl methyl sites for hydroxylation is 1. The SMILES string of the molecule is C[C@@H]1CN(C(=O)NCCCn2cccn2)C[C@H]1C(=O)O. The number of rotatable bonds is 5. The maximum absolute atomic E-state index is 11.9. The van der Waals surface area contributed by atoms with Gasteiger partial charge in [0.05, 0.1) is 5.92 Å². The standard InChI is InChI=1S/C13H20N4O3/c1-10-8-16(9-11(10)12(18)19)13(20)14-4-2-6-17-7-3-5-15-17/h3,5,7,10-11H,2,4,6,8-9H2,1H3,(H,14,20)(H,18,19)/t10-,11-/m1/s1. The summed E-state index contributed by atoms with van der Waals surface area (Å²) < 4.78 is 1.81. The Bertz CT molecular complexity index is 460. The number of hydrogen-bond acceptors (Lipinski definition) is 3. The van der Waals surface area contributed by atoms with E-state index in [2.05, 4.69) is 10.4 Å². The number of carboxylic acid groups (broad SMARTS) is 1. The Morgan fingerprint density at radius 1 is 1.45 bits per heavy atom. The third-order valence-electron chi connectivity index (χ3n) is 3.62. The van der Waals surface area contributed by atoms with Gasteiger partial charge in [-0.2, -0.15) is 5.10 Å². The monoisotopic (exact) mass is 280 g/mol. The van der Waals surface area contributed by atoms with Crippen LogP contribution in [0.25, 0.3) is 0 Å². The van der Waals surface area contributed by atoms with E-state index in [0.29, 0.717) is 19.6 Å². The van der Waals surface area contributed by atoms with Gasteiger partial charge < -0.3 is 15.3 Å². The van der Waals surface area contributed by atoms with Crippen LogP contribution in [0.2, 0.25) is 0 Å². The van der Waals surface area contributed by atoms with E-state index < -0.39 is 11.9 Å². The van der Waals surface area contributed by atoms with Crippen molar-refractivity contribution in [2.24, 2.45) is 11.8 Å². The zero-order chi connectivity index (χ0) is 14.5. The summed E-state index contributed by atoms with van der Waals surface area (Å²) >= 11 is 0. The first-order valence-corrected chi connectivity index (χ1v) is 6.81. The summed E-state index contributed by atoms with van der Waals surface area (Å²) in [7, 11) is 0. The number of carbonyl (C=O) groups excluding carboxylic acids is 1. The van der Waals surface area contributed by atoms with Crippen molar-refractivity contribution >= 4 is 12.0 Å². The lowest BCUT2D eigenvalue weighted by Crippen LogP contribution is -2.39. The predicted octanol–water partition coefficient (Wildman–Crippen LogP) is 0.635. The molecule has 2 N–H and O–H groups in total. The van der Waals surface area contributed by atoms with E-state index in [1.807, 2.05) is 23.9 Å². The minimum atomic E-state index is -0.827. The van der Waals surface area contributed by atoms with Crippen LogP contribution in [0.1, 0.15) is 13.3 Å². The van der Waals surface area contributed by atoms with Crippen LogP contribution < -0.4 is 5.32 Å². The van der Waals surface area contributed by atoms with Gasteiger partial charge in [0.1, 0.15) is 0 Å². The summed E-state index contributed by atoms with van der Waals surface area (Å²) in [5.74, 6) is -1.28. The third kappa shape index (κ3) is 3.49. The zero-order valence-corrected chi connectivity index (χ0v) is 11.5. The quantitative estimate of drug-likeness (QED) is 0.775. The summed E-state index contributed by atoms with van der Waals surface area (Å²) in [5, 5.41) is 15.9. The number of carbonyl (C=O) groups is 2. The molecule has 1 fully saturated rings. The second kappa shape index (κ2) is 6.40. The van der Waals surface area contributed by atoms with Gasteiger partial charge in [-0.1, -0.05) is 6.92 Å². The normalized spacial score (nSPS) is 21.9. The summed E-state index contributed by atoms with van der Waals surface area (Å²) in [5.41, 5.74) is 0. The third-order valence-corrected chi connectivity index (χ3v) is 3.62. The van der Waals surface area contributed by atoms with E-state index >= 15 is 0 Å². The molecular formula is C13H20N4O3. The van der Waals surface area contributed by atoms with Crippen molar-refractivity contribution in [3.05, 3.63) is 18.5 Å². The number of nitrogens with zero attached hydrogens (tertiary/aromatic N) is 3. The molecule has 0 bridgehead atoms. The van der Waals surface area contributed by atoms with Crippen molar-refractivity contribution in [1.82, 2.24) is 20.0 Å². The molecule has 1 aliphatic heterocycles. The van der Waals surface area contributed by atoms with Crippen LogP contribution in [-0.2, 0) is 11.3 Å². The number of likely N-dealkylation sites (tertiary alicyclic amines) is 1. The maximum Gasteiger partial charge on any atom is 0.317 e. The minimum Gasteiger partial charge on any atom is -0.481 e. The van der Waals surface area contributed by atoms with Gasteiger partial charge in [0, 0.05) is 38.6 Å². The summed E-state index contributed by atoms with van der Waals surface area (Å²) in [6.45, 7) is 3.97. The Balaban J connectivity index is 1.69. The molecule has 2 amide bonds. The van der Waals surface area contributed by atoms with Crippen molar-refractivity contribution in [2.75, 3.05) is 19.6 Å². The fraction of sp³-hybridized carbons (Fsp3) is 0.615. The molecular weight excluding hydrogens is 260 g/mol. The summed E-state index contributed by atoms with van der Waals surface area (Å²) in [4.78, 5) is 24.5. The number of nitrogens with one attached hydrogen (secondary N) is 1. The molecule has 0 aromatic carbocycles. The fourth-order valence-electron chi connectivity index (χ4n) is 2.43. The van der Waals surface area contributed by atoms with Gasteiger partial charge in [-0.25, -0.2) is 4.79 Å². The topological polar surface area (TPSA) is 87.5 Å². The average molecular weight is 280 g/mol. The molecule has 2 heterocycles. The highest BCUT2D eigenvalue weighted by molar-refractivity contribution is 5.77. The molecule has 7 nitrogen and oxygen atoms in total. The number of hydrogen-bond donors (Lipinski definition) is 2. The van der Waals surface area contributed by atoms with Gasteiger partial charge in [-0.3, -0.25) is 9.48 Å². The fourth-order valence-corrected chi connectivity index (χ4v) is 2.43. The van der Waals surface area contributed by atoms with Crippen molar-refractivity contribution < 1.29 is 14.7 Å². The first kappa shape index (κ1) is 14.4. The van der Waals surface area contributed by atoms with Gasteiger partial charge in [0.15, 0.2) is 0 Å². The molecule has 2 atom stereocenters. The highest BCUT2D eigenvalue weighted by Gasteiger charge is 2.36. The number of urea groups is 1. The highest BCUT2D eigenvalue weighted by Crippen LogP contribution is 2.22. The van der Waals surface area contributed by atoms with E-state index in [-0.39, 0.29) is 11.9 Å². The van der Waals surface area contributed by atoms with E-state index in [4.69, 9.17) is 5.11 Å². The molecule has 110 valence electrons. The largest absolute Gasteiger partial charge is 0.481 e. The number of amides is 2. The Kier molecular flexibility index (Phi) is 4.60. The van der Waals surface area contributed by atoms with Crippen LogP contribution in [0.3, 0.4) is 0 Å². The van der Waals surface area contributed by atoms with Gasteiger partial charge in [0.2, 0.25) is 0 Å². The highest BCUT2D eigenvalue weighted by atomic mass is 16.4. The molecule has 7 heteroatoms. The Morgan fingerprint density at radius 3 is 2.85 bits per heavy atom. The van der Waals surface area contributed by atoms with Crippen LogP contribution in [0.4, 0.5) is 4.79 Å². The average Bonchev–Trinajstić information content (AvgIpc) is 3.03. The van der Waals surface area contributed by atoms with Crippen molar-refractivity contribution in [3.63, 3.8) is 0 Å². The van der Waals surface area contributed by atoms with Crippen LogP contribution in [0.5, 0.6) is 0 Å². The Morgan fingerprint density at radius 2 is 2.25 bits per heavy atom. The molecule has 0 aliphatic carbocycles. The van der Waals surface area contributed by atoms with E-state index in [1.54, 1.807) is 11.1 Å². The maximum atomic E-state index is 11.9. The van der Waals surface area contributed by atoms with Gasteiger partial charge >= 0.3 is 12.0 Å². The molecule has 20 heavy (non-hydrogen) atoms. The molecule has 1 saturated heterocycles. The van der Waals surface area contributed by atoms with E-state index in [1.165, 1.54) is 0 Å². The zero-order valence-electron chi connectivity index (χ0n) is 11.5. The van der Waals surface area contributed by atoms with Crippen molar-refractivity contribution in [1.29, 1.82) is 0 Å². The number of aromatic nitrogens is 2. The van der Waals surface area contributed by atoms with Gasteiger partial charge in [-0.15, -0.1) is 0 Å². The minimum absolute atomic E-state index is 0.00215. The van der Waals surface area contributed by atoms with Crippen LogP contribution in [0, 0.1) is 11.8 Å². The van der Waals surface area contributed by atoms with E-state index in [0.717, 1.165) is 13.0 Å². The molecule has 1 aliphatic rings. The molecule has 1 aromatic rings. The van der Waals surface area contributed by atoms with Crippen LogP contribution in [-0.4, -0.2) is 51.4 Å². The lowest BCUT2D eigenvalue weighted by molar-refractivity contribution is -0.142. The Labute approximate surface area is 117 Å². The van der Waals surface area contributed by atoms with Crippen molar-refractivity contribution in [2.45, 2.75) is 19.9 Å². The lowest BCUT2D eigenvalue weighted by Gasteiger charge is -2.16. The molecule has 0 spiro atoms. The first-order chi connectivity index (χ1) is 9.58. The molecule has 0 unspecified atom stereocenters. The molecule has 1 aromatic heterocycles. The summed E-state index contributed by atoms with van der Waals surface area (Å²) in [6, 6.07) is 1.68. The smallest absolute Gasteiger partial charge is 0.317 e. The van der Waals surface area contributed by atoms with Crippen LogP contribution >= 0.6 is 0 Å². The van der Waals surface area contributed by atoms with E-state index in [9.17, 15) is 9.59 Å². The molecule has 0 saturated carbocycles. The Hall–Kier alpha value is -2.05. The first-order valence-electron chi connectivity index (χ1n) is 6.81. The second-order valence-electron chi connectivity index (χ2n) is 5.18. The van der Waals surface area contributed by atoms with Crippen molar-refractivity contribution in [3.8, 4) is 0 Å². The number of carboxylic acids is 1. The molecule has 2 rings (SSSR count). The predicted molar refractivity (Wildman–Crippen MR) is 72.1 cm³/mol. The summed E-state index contributed by atoms with van der Waals surface area (Å²) in [6.07, 6.45) is 4.39.